The van der Waals surface area contributed by atoms with Crippen LogP contribution in [0.15, 0.2) is 48.6 Å². The summed E-state index contributed by atoms with van der Waals surface area (Å²) in [4.78, 5) is 30.4. The number of rotatable bonds is 5. The molecule has 0 spiro atoms. The third-order valence-corrected chi connectivity index (χ3v) is 4.31. The molecule has 0 fully saturated rings. The van der Waals surface area contributed by atoms with Crippen LogP contribution >= 0.6 is 7.60 Å². The van der Waals surface area contributed by atoms with Crippen LogP contribution < -0.4 is 5.30 Å². The normalized spacial score (nSPS) is 11.4. The summed E-state index contributed by atoms with van der Waals surface area (Å²) < 4.78 is 16.7. The fraction of sp³-hybridized carbons (Fsp3) is 0.188. The summed E-state index contributed by atoms with van der Waals surface area (Å²) in [5.41, 5.74) is 0.786. The maximum Gasteiger partial charge on any atom is 0.356 e. The van der Waals surface area contributed by atoms with Gasteiger partial charge in [0.05, 0.1) is 11.9 Å². The molecule has 5 nitrogen and oxygen atoms in total. The Kier molecular flexibility index (Phi) is 4.81. The second kappa shape index (κ2) is 6.44. The van der Waals surface area contributed by atoms with E-state index in [0.717, 1.165) is 10.8 Å². The van der Waals surface area contributed by atoms with Crippen molar-refractivity contribution in [2.75, 3.05) is 6.61 Å². The first-order valence-electron chi connectivity index (χ1n) is 6.70. The lowest BCUT2D eigenvalue weighted by Gasteiger charge is -2.14. The number of esters is 1. The van der Waals surface area contributed by atoms with Gasteiger partial charge in [-0.1, -0.05) is 36.9 Å². The van der Waals surface area contributed by atoms with E-state index >= 15 is 0 Å². The van der Waals surface area contributed by atoms with Gasteiger partial charge >= 0.3 is 13.6 Å². The zero-order chi connectivity index (χ0) is 16.3. The Labute approximate surface area is 128 Å². The van der Waals surface area contributed by atoms with Gasteiger partial charge < -0.3 is 14.5 Å². The number of benzene rings is 2. The Morgan fingerprint density at radius 1 is 1.23 bits per heavy atom. The fourth-order valence-corrected chi connectivity index (χ4v) is 3.08. The maximum atomic E-state index is 11.7. The van der Waals surface area contributed by atoms with Crippen molar-refractivity contribution >= 4 is 29.6 Å². The molecule has 0 heterocycles. The van der Waals surface area contributed by atoms with Gasteiger partial charge in [-0.25, -0.2) is 4.79 Å². The molecule has 2 N–H and O–H groups in total. The summed E-state index contributed by atoms with van der Waals surface area (Å²) in [5, 5.41) is 1.59. The summed E-state index contributed by atoms with van der Waals surface area (Å²) in [6, 6.07) is 10.4. The summed E-state index contributed by atoms with van der Waals surface area (Å²) in [7, 11) is -4.40. The molecule has 0 saturated heterocycles. The van der Waals surface area contributed by atoms with Gasteiger partial charge in [0.2, 0.25) is 0 Å². The van der Waals surface area contributed by atoms with Crippen LogP contribution in [0.1, 0.15) is 12.5 Å². The van der Waals surface area contributed by atoms with Crippen molar-refractivity contribution in [2.24, 2.45) is 0 Å². The summed E-state index contributed by atoms with van der Waals surface area (Å²) in [5.74, 6) is -0.516. The minimum atomic E-state index is -4.40. The highest BCUT2D eigenvalue weighted by Crippen LogP contribution is 2.37. The molecule has 0 unspecified atom stereocenters. The maximum absolute atomic E-state index is 11.7. The number of fused-ring (bicyclic) bond motifs is 1. The first-order chi connectivity index (χ1) is 10.3. The van der Waals surface area contributed by atoms with Crippen molar-refractivity contribution in [3.8, 4) is 0 Å². The van der Waals surface area contributed by atoms with Crippen LogP contribution in [0, 0.1) is 0 Å². The van der Waals surface area contributed by atoms with Crippen LogP contribution in [-0.2, 0) is 20.5 Å². The van der Waals surface area contributed by atoms with E-state index in [1.807, 2.05) is 12.1 Å². The third kappa shape index (κ3) is 3.63. The van der Waals surface area contributed by atoms with E-state index in [1.165, 1.54) is 6.07 Å². The number of carbonyl (C=O) groups excluding carboxylic acids is 1. The molecule has 0 amide bonds. The summed E-state index contributed by atoms with van der Waals surface area (Å²) in [6.45, 7) is 5.07. The van der Waals surface area contributed by atoms with Gasteiger partial charge in [-0.15, -0.1) is 0 Å². The molecule has 0 radical (unpaired) electrons. The van der Waals surface area contributed by atoms with Crippen molar-refractivity contribution in [3.05, 3.63) is 54.1 Å². The lowest BCUT2D eigenvalue weighted by Crippen LogP contribution is -2.15. The molecule has 22 heavy (non-hydrogen) atoms. The molecule has 116 valence electrons. The molecule has 6 heteroatoms. The molecular formula is C16H17O5P. The molecule has 0 saturated carbocycles. The summed E-state index contributed by atoms with van der Waals surface area (Å²) in [6.07, 6.45) is 0.223. The molecule has 0 aliphatic heterocycles. The quantitative estimate of drug-likeness (QED) is 0.502. The van der Waals surface area contributed by atoms with E-state index in [9.17, 15) is 19.1 Å². The second-order valence-electron chi connectivity index (χ2n) is 4.99. The van der Waals surface area contributed by atoms with E-state index in [2.05, 4.69) is 6.58 Å². The minimum absolute atomic E-state index is 0.0300. The van der Waals surface area contributed by atoms with E-state index in [4.69, 9.17) is 4.74 Å². The Bertz CT molecular complexity index is 775. The summed E-state index contributed by atoms with van der Waals surface area (Å²) >= 11 is 0. The highest BCUT2D eigenvalue weighted by Gasteiger charge is 2.23. The number of ether oxygens (including phenoxy) is 1. The molecule has 0 atom stereocenters. The highest BCUT2D eigenvalue weighted by molar-refractivity contribution is 7.60. The van der Waals surface area contributed by atoms with E-state index in [0.29, 0.717) is 5.56 Å². The monoisotopic (exact) mass is 320 g/mol. The molecule has 2 rings (SSSR count). The zero-order valence-corrected chi connectivity index (χ0v) is 13.0. The van der Waals surface area contributed by atoms with Crippen LogP contribution in [0.2, 0.25) is 0 Å². The highest BCUT2D eigenvalue weighted by atomic mass is 31.2. The van der Waals surface area contributed by atoms with Gasteiger partial charge in [-0.2, -0.15) is 0 Å². The van der Waals surface area contributed by atoms with E-state index < -0.39 is 13.6 Å². The van der Waals surface area contributed by atoms with Crippen LogP contribution in [0.5, 0.6) is 0 Å². The third-order valence-electron chi connectivity index (χ3n) is 3.26. The second-order valence-corrected chi connectivity index (χ2v) is 6.56. The van der Waals surface area contributed by atoms with Gasteiger partial charge in [0.15, 0.2) is 0 Å². The van der Waals surface area contributed by atoms with E-state index in [1.54, 1.807) is 25.1 Å². The average molecular weight is 320 g/mol. The lowest BCUT2D eigenvalue weighted by molar-refractivity contribution is -0.138. The Balaban J connectivity index is 2.38. The van der Waals surface area contributed by atoms with Gasteiger partial charge in [0.1, 0.15) is 0 Å². The first-order valence-corrected chi connectivity index (χ1v) is 8.31. The molecule has 0 bridgehead atoms. The number of carbonyl (C=O) groups is 1. The Morgan fingerprint density at radius 3 is 2.55 bits per heavy atom. The molecule has 2 aromatic rings. The van der Waals surface area contributed by atoms with Gasteiger partial charge in [-0.3, -0.25) is 4.57 Å². The zero-order valence-electron chi connectivity index (χ0n) is 12.2. The van der Waals surface area contributed by atoms with Gasteiger partial charge in [0.25, 0.3) is 0 Å². The van der Waals surface area contributed by atoms with Gasteiger partial charge in [0, 0.05) is 12.0 Å². The van der Waals surface area contributed by atoms with Crippen LogP contribution in [0.4, 0.5) is 0 Å². The average Bonchev–Trinajstić information content (AvgIpc) is 2.45. The number of hydrogen-bond donors (Lipinski definition) is 2. The van der Waals surface area contributed by atoms with Crippen LogP contribution in [-0.4, -0.2) is 22.4 Å². The van der Waals surface area contributed by atoms with Crippen molar-refractivity contribution in [3.63, 3.8) is 0 Å². The predicted octanol–water partition coefficient (Wildman–Crippen LogP) is 2.30. The fourth-order valence-electron chi connectivity index (χ4n) is 2.23. The van der Waals surface area contributed by atoms with Crippen LogP contribution in [0.25, 0.3) is 10.8 Å². The smallest absolute Gasteiger partial charge is 0.356 e. The van der Waals surface area contributed by atoms with Crippen molar-refractivity contribution in [1.29, 1.82) is 0 Å². The van der Waals surface area contributed by atoms with Crippen molar-refractivity contribution in [2.45, 2.75) is 13.3 Å². The van der Waals surface area contributed by atoms with Gasteiger partial charge in [-0.05, 0) is 29.3 Å². The molecule has 0 aliphatic carbocycles. The topological polar surface area (TPSA) is 83.8 Å². The Morgan fingerprint density at radius 2 is 1.91 bits per heavy atom. The van der Waals surface area contributed by atoms with Crippen molar-refractivity contribution in [1.82, 2.24) is 0 Å². The minimum Gasteiger partial charge on any atom is -0.462 e. The van der Waals surface area contributed by atoms with Crippen LogP contribution in [0.3, 0.4) is 0 Å². The molecule has 0 aliphatic rings. The lowest BCUT2D eigenvalue weighted by atomic mass is 10.0. The molecule has 0 aromatic heterocycles. The van der Waals surface area contributed by atoms with Crippen molar-refractivity contribution < 1.29 is 23.9 Å². The molecular weight excluding hydrogens is 303 g/mol. The largest absolute Gasteiger partial charge is 0.462 e. The number of hydrogen-bond acceptors (Lipinski definition) is 3. The van der Waals surface area contributed by atoms with E-state index in [-0.39, 0.29) is 23.9 Å². The standard InChI is InChI=1S/C16H17O5P/c1-11(2)16(17)21-10-9-14-13-6-4-3-5-12(13)7-8-15(14)22(18,19)20/h3-8H,1,9-10H2,2H3,(H2,18,19,20). The Hall–Kier alpha value is -1.94. The predicted molar refractivity (Wildman–Crippen MR) is 85.1 cm³/mol. The first kappa shape index (κ1) is 16.4. The molecule has 2 aromatic carbocycles. The SMILES string of the molecule is C=C(C)C(=O)OCCc1c(P(=O)(O)O)ccc2ccccc12.